The number of aromatic carboxylic acids is 1. The fourth-order valence-corrected chi connectivity index (χ4v) is 1.94. The first-order valence-electron chi connectivity index (χ1n) is 3.35. The summed E-state index contributed by atoms with van der Waals surface area (Å²) in [7, 11) is 0. The van der Waals surface area contributed by atoms with Crippen LogP contribution >= 0.6 is 23.7 Å². The van der Waals surface area contributed by atoms with Crippen LogP contribution in [0.3, 0.4) is 0 Å². The van der Waals surface area contributed by atoms with Gasteiger partial charge in [-0.1, -0.05) is 0 Å². The molecule has 0 saturated heterocycles. The lowest BCUT2D eigenvalue weighted by molar-refractivity contribution is 0.0689. The van der Waals surface area contributed by atoms with Gasteiger partial charge < -0.3 is 5.11 Å². The first-order chi connectivity index (χ1) is 5.68. The fraction of sp³-hybridized carbons (Fsp3) is 0.143. The highest BCUT2D eigenvalue weighted by Gasteiger charge is 2.11. The van der Waals surface area contributed by atoms with E-state index < -0.39 is 5.97 Å². The molecule has 70 valence electrons. The van der Waals surface area contributed by atoms with Crippen molar-refractivity contribution >= 4 is 34.7 Å². The van der Waals surface area contributed by atoms with Crippen LogP contribution < -0.4 is 0 Å². The van der Waals surface area contributed by atoms with Crippen LogP contribution in [0.5, 0.6) is 0 Å². The quantitative estimate of drug-likeness (QED) is 0.795. The Morgan fingerprint density at radius 1 is 1.69 bits per heavy atom. The third-order valence-corrected chi connectivity index (χ3v) is 2.39. The molecule has 4 nitrogen and oxygen atoms in total. The predicted octanol–water partition coefficient (Wildman–Crippen LogP) is 1.82. The number of thiazole rings is 1. The maximum absolute atomic E-state index is 10.6. The van der Waals surface area contributed by atoms with Gasteiger partial charge in [-0.25, -0.2) is 9.78 Å². The van der Waals surface area contributed by atoms with Crippen LogP contribution in [-0.4, -0.2) is 20.5 Å². The second-order valence-electron chi connectivity index (χ2n) is 2.46. The first-order valence-corrected chi connectivity index (χ1v) is 4.23. The summed E-state index contributed by atoms with van der Waals surface area (Å²) >= 11 is 1.33. The van der Waals surface area contributed by atoms with E-state index >= 15 is 0 Å². The standard InChI is InChI=1S/C7H6N2O2S.ClH/c1-4-2-9-5(6(10)11)3-12-7(9)8-4;/h2-3H,1H3,(H,10,11);1H. The molecule has 0 aliphatic heterocycles. The molecule has 0 aliphatic rings. The Bertz CT molecular complexity index is 448. The molecule has 1 N–H and O–H groups in total. The van der Waals surface area contributed by atoms with Crippen LogP contribution in [0.25, 0.3) is 4.96 Å². The van der Waals surface area contributed by atoms with Crippen LogP contribution in [0.15, 0.2) is 11.6 Å². The highest BCUT2D eigenvalue weighted by atomic mass is 35.5. The zero-order valence-corrected chi connectivity index (χ0v) is 8.35. The van der Waals surface area contributed by atoms with Gasteiger partial charge in [0.1, 0.15) is 5.69 Å². The number of carboxylic acid groups (broad SMARTS) is 1. The lowest BCUT2D eigenvalue weighted by Crippen LogP contribution is -1.99. The Morgan fingerprint density at radius 3 is 3.00 bits per heavy atom. The molecule has 6 heteroatoms. The summed E-state index contributed by atoms with van der Waals surface area (Å²) < 4.78 is 1.59. The number of hydrogen-bond donors (Lipinski definition) is 1. The van der Waals surface area contributed by atoms with Crippen molar-refractivity contribution < 1.29 is 9.90 Å². The van der Waals surface area contributed by atoms with Gasteiger partial charge >= 0.3 is 5.97 Å². The first kappa shape index (κ1) is 10.0. The number of carboxylic acids is 1. The Hall–Kier alpha value is -1.07. The highest BCUT2D eigenvalue weighted by molar-refractivity contribution is 7.15. The van der Waals surface area contributed by atoms with Crippen molar-refractivity contribution in [2.75, 3.05) is 0 Å². The van der Waals surface area contributed by atoms with Gasteiger partial charge in [-0.3, -0.25) is 4.40 Å². The Balaban J connectivity index is 0.000000845. The van der Waals surface area contributed by atoms with Crippen molar-refractivity contribution in [3.63, 3.8) is 0 Å². The smallest absolute Gasteiger partial charge is 0.353 e. The summed E-state index contributed by atoms with van der Waals surface area (Å²) in [5.74, 6) is -0.918. The van der Waals surface area contributed by atoms with E-state index in [0.717, 1.165) is 10.7 Å². The molecule has 0 atom stereocenters. The summed E-state index contributed by atoms with van der Waals surface area (Å²) in [6.07, 6.45) is 1.72. The third kappa shape index (κ3) is 1.52. The molecule has 0 aliphatic carbocycles. The van der Waals surface area contributed by atoms with Crippen molar-refractivity contribution in [3.05, 3.63) is 23.0 Å². The highest BCUT2D eigenvalue weighted by Crippen LogP contribution is 2.15. The molecule has 0 saturated carbocycles. The number of halogens is 1. The Morgan fingerprint density at radius 2 is 2.38 bits per heavy atom. The van der Waals surface area contributed by atoms with Crippen molar-refractivity contribution in [1.29, 1.82) is 0 Å². The van der Waals surface area contributed by atoms with E-state index in [2.05, 4.69) is 4.98 Å². The van der Waals surface area contributed by atoms with E-state index in [1.165, 1.54) is 11.3 Å². The van der Waals surface area contributed by atoms with Crippen molar-refractivity contribution in [1.82, 2.24) is 9.38 Å². The van der Waals surface area contributed by atoms with Gasteiger partial charge in [0.15, 0.2) is 4.96 Å². The van der Waals surface area contributed by atoms with E-state index in [0.29, 0.717) is 0 Å². The zero-order valence-electron chi connectivity index (χ0n) is 6.72. The number of aryl methyl sites for hydroxylation is 1. The zero-order chi connectivity index (χ0) is 8.72. The maximum atomic E-state index is 10.6. The number of nitrogens with zero attached hydrogens (tertiary/aromatic N) is 2. The van der Waals surface area contributed by atoms with Crippen molar-refractivity contribution in [3.8, 4) is 0 Å². The van der Waals surface area contributed by atoms with Crippen LogP contribution in [-0.2, 0) is 0 Å². The number of aromatic nitrogens is 2. The molecule has 0 unspecified atom stereocenters. The summed E-state index contributed by atoms with van der Waals surface area (Å²) in [5, 5.41) is 10.3. The number of imidazole rings is 1. The van der Waals surface area contributed by atoms with E-state index in [-0.39, 0.29) is 18.1 Å². The average molecular weight is 219 g/mol. The fourth-order valence-electron chi connectivity index (χ4n) is 1.05. The van der Waals surface area contributed by atoms with Gasteiger partial charge in [-0.05, 0) is 6.92 Å². The summed E-state index contributed by atoms with van der Waals surface area (Å²) in [6, 6.07) is 0. The molecule has 0 spiro atoms. The second kappa shape index (κ2) is 3.35. The summed E-state index contributed by atoms with van der Waals surface area (Å²) in [6.45, 7) is 1.84. The second-order valence-corrected chi connectivity index (χ2v) is 3.30. The minimum atomic E-state index is -0.918. The van der Waals surface area contributed by atoms with Gasteiger partial charge in [-0.15, -0.1) is 23.7 Å². The molecule has 2 aromatic rings. The van der Waals surface area contributed by atoms with Gasteiger partial charge in [0, 0.05) is 11.6 Å². The van der Waals surface area contributed by atoms with Crippen LogP contribution in [0.4, 0.5) is 0 Å². The Labute approximate surface area is 84.2 Å². The van der Waals surface area contributed by atoms with E-state index in [4.69, 9.17) is 5.11 Å². The van der Waals surface area contributed by atoms with Gasteiger partial charge in [0.05, 0.1) is 5.69 Å². The SMILES string of the molecule is Cc1cn2c(C(=O)O)csc2n1.Cl. The van der Waals surface area contributed by atoms with Gasteiger partial charge in [0.25, 0.3) is 0 Å². The number of rotatable bonds is 1. The Kier molecular flexibility index (Phi) is 2.58. The summed E-state index contributed by atoms with van der Waals surface area (Å²) in [5.41, 5.74) is 1.11. The summed E-state index contributed by atoms with van der Waals surface area (Å²) in [4.78, 5) is 15.5. The monoisotopic (exact) mass is 218 g/mol. The van der Waals surface area contributed by atoms with E-state index in [1.807, 2.05) is 6.92 Å². The number of carbonyl (C=O) groups is 1. The molecule has 2 rings (SSSR count). The molecule has 13 heavy (non-hydrogen) atoms. The average Bonchev–Trinajstić information content (AvgIpc) is 2.43. The molecular weight excluding hydrogens is 212 g/mol. The minimum absolute atomic E-state index is 0. The van der Waals surface area contributed by atoms with Crippen LogP contribution in [0.2, 0.25) is 0 Å². The molecule has 0 aromatic carbocycles. The van der Waals surface area contributed by atoms with E-state index in [1.54, 1.807) is 16.0 Å². The topological polar surface area (TPSA) is 54.6 Å². The predicted molar refractivity (Wildman–Crippen MR) is 52.0 cm³/mol. The lowest BCUT2D eigenvalue weighted by Gasteiger charge is -1.87. The third-order valence-electron chi connectivity index (χ3n) is 1.55. The van der Waals surface area contributed by atoms with Crippen LogP contribution in [0.1, 0.15) is 16.2 Å². The number of hydrogen-bond acceptors (Lipinski definition) is 3. The van der Waals surface area contributed by atoms with Gasteiger partial charge in [0.2, 0.25) is 0 Å². The van der Waals surface area contributed by atoms with Crippen LogP contribution in [0, 0.1) is 6.92 Å². The normalized spacial score (nSPS) is 9.92. The molecule has 2 aromatic heterocycles. The van der Waals surface area contributed by atoms with Gasteiger partial charge in [-0.2, -0.15) is 0 Å². The number of fused-ring (bicyclic) bond motifs is 1. The molecule has 0 fully saturated rings. The van der Waals surface area contributed by atoms with E-state index in [9.17, 15) is 4.79 Å². The van der Waals surface area contributed by atoms with Crippen molar-refractivity contribution in [2.24, 2.45) is 0 Å². The molecule has 0 radical (unpaired) electrons. The molecule has 0 bridgehead atoms. The molecular formula is C7H7ClN2O2S. The lowest BCUT2D eigenvalue weighted by atomic mass is 10.5. The maximum Gasteiger partial charge on any atom is 0.353 e. The van der Waals surface area contributed by atoms with Crippen molar-refractivity contribution in [2.45, 2.75) is 6.92 Å². The largest absolute Gasteiger partial charge is 0.477 e. The molecule has 0 amide bonds. The molecule has 2 heterocycles. The minimum Gasteiger partial charge on any atom is -0.477 e.